The minimum Gasteiger partial charge on any atom is -0.381 e. The zero-order valence-electron chi connectivity index (χ0n) is 12.9. The third-order valence-corrected chi connectivity index (χ3v) is 5.37. The van der Waals surface area contributed by atoms with Crippen LogP contribution in [0.15, 0.2) is 24.3 Å². The second kappa shape index (κ2) is 6.65. The maximum absolute atomic E-state index is 3.81. The first-order valence-electron chi connectivity index (χ1n) is 8.74. The molecule has 2 atom stereocenters. The molecule has 1 aromatic rings. The topological polar surface area (TPSA) is 12.0 Å². The molecule has 1 aliphatic carbocycles. The molecule has 1 aromatic carbocycles. The molecule has 0 spiro atoms. The van der Waals surface area contributed by atoms with E-state index in [4.69, 9.17) is 0 Å². The number of hydrogen-bond donors (Lipinski definition) is 1. The Bertz CT molecular complexity index is 420. The lowest BCUT2D eigenvalue weighted by molar-refractivity contribution is 0.307. The zero-order valence-corrected chi connectivity index (χ0v) is 12.9. The Balaban J connectivity index is 1.72. The van der Waals surface area contributed by atoms with Gasteiger partial charge < -0.3 is 5.32 Å². The summed E-state index contributed by atoms with van der Waals surface area (Å²) >= 11 is 0. The van der Waals surface area contributed by atoms with Gasteiger partial charge in [0, 0.05) is 17.6 Å². The third-order valence-electron chi connectivity index (χ3n) is 5.37. The Labute approximate surface area is 124 Å². The van der Waals surface area contributed by atoms with E-state index in [2.05, 4.69) is 36.5 Å². The zero-order chi connectivity index (χ0) is 13.8. The molecular formula is C19H29N. The summed E-state index contributed by atoms with van der Waals surface area (Å²) in [4.78, 5) is 0. The number of benzene rings is 1. The molecular weight excluding hydrogens is 242 g/mol. The Hall–Kier alpha value is -0.980. The highest BCUT2D eigenvalue weighted by molar-refractivity contribution is 5.59. The Kier molecular flexibility index (Phi) is 4.65. The van der Waals surface area contributed by atoms with Crippen LogP contribution in [0.4, 0.5) is 5.69 Å². The number of rotatable bonds is 5. The van der Waals surface area contributed by atoms with Crippen molar-refractivity contribution in [1.29, 1.82) is 0 Å². The predicted molar refractivity (Wildman–Crippen MR) is 87.3 cm³/mol. The molecule has 3 rings (SSSR count). The molecule has 0 aromatic heterocycles. The number of anilines is 1. The summed E-state index contributed by atoms with van der Waals surface area (Å²) in [7, 11) is 0. The van der Waals surface area contributed by atoms with Gasteiger partial charge in [-0.2, -0.15) is 0 Å². The third kappa shape index (κ3) is 3.02. The first-order chi connectivity index (χ1) is 9.88. The smallest absolute Gasteiger partial charge is 0.0378 e. The van der Waals surface area contributed by atoms with E-state index in [1.54, 1.807) is 5.56 Å². The van der Waals surface area contributed by atoms with E-state index < -0.39 is 0 Å². The number of unbranched alkanes of at least 4 members (excludes halogenated alkanes) is 1. The van der Waals surface area contributed by atoms with Gasteiger partial charge in [0.25, 0.3) is 0 Å². The minimum atomic E-state index is 0.689. The van der Waals surface area contributed by atoms with Gasteiger partial charge in [-0.05, 0) is 30.4 Å². The monoisotopic (exact) mass is 271 g/mol. The molecule has 0 radical (unpaired) electrons. The minimum absolute atomic E-state index is 0.689. The average Bonchev–Trinajstić information content (AvgIpc) is 2.84. The van der Waals surface area contributed by atoms with Crippen molar-refractivity contribution in [1.82, 2.24) is 0 Å². The molecule has 110 valence electrons. The molecule has 2 aliphatic rings. The van der Waals surface area contributed by atoms with Crippen LogP contribution in [0.25, 0.3) is 0 Å². The molecule has 0 amide bonds. The summed E-state index contributed by atoms with van der Waals surface area (Å²) in [6.07, 6.45) is 12.8. The van der Waals surface area contributed by atoms with Crippen LogP contribution in [-0.4, -0.2) is 6.04 Å². The van der Waals surface area contributed by atoms with Gasteiger partial charge in [-0.15, -0.1) is 0 Å². The standard InChI is InChI=1S/C19H29N/c1-2-3-12-19-17(14-15-9-5-4-6-10-15)16-11-7-8-13-18(16)20-19/h7-8,11,13,15,17,19-20H,2-6,9-10,12,14H2,1H3/t17-,19-/m1/s1. The normalized spacial score (nSPS) is 26.2. The van der Waals surface area contributed by atoms with Crippen molar-refractivity contribution in [2.75, 3.05) is 5.32 Å². The Morgan fingerprint density at radius 1 is 1.10 bits per heavy atom. The van der Waals surface area contributed by atoms with E-state index in [0.717, 1.165) is 11.8 Å². The lowest BCUT2D eigenvalue weighted by Gasteiger charge is -2.28. The molecule has 1 fully saturated rings. The molecule has 1 aliphatic heterocycles. The van der Waals surface area contributed by atoms with Crippen molar-refractivity contribution in [3.05, 3.63) is 29.8 Å². The summed E-state index contributed by atoms with van der Waals surface area (Å²) in [5.41, 5.74) is 3.01. The van der Waals surface area contributed by atoms with E-state index >= 15 is 0 Å². The van der Waals surface area contributed by atoms with Gasteiger partial charge in [0.05, 0.1) is 0 Å². The predicted octanol–water partition coefficient (Wildman–Crippen LogP) is 5.72. The number of para-hydroxylation sites is 1. The lowest BCUT2D eigenvalue weighted by atomic mass is 9.78. The quantitative estimate of drug-likeness (QED) is 0.721. The summed E-state index contributed by atoms with van der Waals surface area (Å²) in [6.45, 7) is 2.30. The molecule has 1 N–H and O–H groups in total. The first kappa shape index (κ1) is 14.0. The van der Waals surface area contributed by atoms with E-state index in [1.807, 2.05) is 0 Å². The van der Waals surface area contributed by atoms with Gasteiger partial charge in [-0.25, -0.2) is 0 Å². The van der Waals surface area contributed by atoms with Crippen LogP contribution in [0.1, 0.15) is 76.2 Å². The Morgan fingerprint density at radius 3 is 2.70 bits per heavy atom. The fraction of sp³-hybridized carbons (Fsp3) is 0.684. The maximum Gasteiger partial charge on any atom is 0.0378 e. The van der Waals surface area contributed by atoms with Crippen molar-refractivity contribution < 1.29 is 0 Å². The molecule has 1 heteroatoms. The van der Waals surface area contributed by atoms with E-state index in [0.29, 0.717) is 6.04 Å². The summed E-state index contributed by atoms with van der Waals surface area (Å²) in [5.74, 6) is 1.74. The fourth-order valence-electron chi connectivity index (χ4n) is 4.24. The molecule has 20 heavy (non-hydrogen) atoms. The Morgan fingerprint density at radius 2 is 1.90 bits per heavy atom. The molecule has 0 bridgehead atoms. The molecule has 1 heterocycles. The van der Waals surface area contributed by atoms with Crippen LogP contribution in [0.3, 0.4) is 0 Å². The highest BCUT2D eigenvalue weighted by Crippen LogP contribution is 2.43. The van der Waals surface area contributed by atoms with Crippen LogP contribution in [-0.2, 0) is 0 Å². The van der Waals surface area contributed by atoms with Crippen molar-refractivity contribution in [2.24, 2.45) is 5.92 Å². The van der Waals surface area contributed by atoms with Crippen molar-refractivity contribution in [3.8, 4) is 0 Å². The van der Waals surface area contributed by atoms with Gasteiger partial charge >= 0.3 is 0 Å². The van der Waals surface area contributed by atoms with Gasteiger partial charge in [-0.3, -0.25) is 0 Å². The van der Waals surface area contributed by atoms with Crippen molar-refractivity contribution in [2.45, 2.75) is 76.7 Å². The summed E-state index contributed by atoms with van der Waals surface area (Å²) in [5, 5.41) is 3.81. The summed E-state index contributed by atoms with van der Waals surface area (Å²) in [6, 6.07) is 9.72. The van der Waals surface area contributed by atoms with Gasteiger partial charge in [0.15, 0.2) is 0 Å². The fourth-order valence-corrected chi connectivity index (χ4v) is 4.24. The van der Waals surface area contributed by atoms with Crippen LogP contribution in [0.2, 0.25) is 0 Å². The number of hydrogen-bond acceptors (Lipinski definition) is 1. The van der Waals surface area contributed by atoms with Crippen molar-refractivity contribution in [3.63, 3.8) is 0 Å². The van der Waals surface area contributed by atoms with Gasteiger partial charge in [0.1, 0.15) is 0 Å². The van der Waals surface area contributed by atoms with Gasteiger partial charge in [-0.1, -0.05) is 70.1 Å². The van der Waals surface area contributed by atoms with E-state index in [-0.39, 0.29) is 0 Å². The van der Waals surface area contributed by atoms with Gasteiger partial charge in [0.2, 0.25) is 0 Å². The second-order valence-corrected chi connectivity index (χ2v) is 6.83. The van der Waals surface area contributed by atoms with E-state index in [9.17, 15) is 0 Å². The van der Waals surface area contributed by atoms with Crippen molar-refractivity contribution >= 4 is 5.69 Å². The molecule has 0 unspecified atom stereocenters. The lowest BCUT2D eigenvalue weighted by Crippen LogP contribution is -2.23. The van der Waals surface area contributed by atoms with Crippen LogP contribution in [0.5, 0.6) is 0 Å². The highest BCUT2D eigenvalue weighted by atomic mass is 15.0. The average molecular weight is 271 g/mol. The SMILES string of the molecule is CCCC[C@H]1Nc2ccccc2[C@H]1CC1CCCCC1. The number of nitrogens with one attached hydrogen (secondary N) is 1. The highest BCUT2D eigenvalue weighted by Gasteiger charge is 2.33. The van der Waals surface area contributed by atoms with E-state index in [1.165, 1.54) is 63.5 Å². The largest absolute Gasteiger partial charge is 0.381 e. The molecule has 1 saturated carbocycles. The molecule has 0 saturated heterocycles. The van der Waals surface area contributed by atoms with Crippen LogP contribution < -0.4 is 5.32 Å². The first-order valence-corrected chi connectivity index (χ1v) is 8.74. The molecule has 1 nitrogen and oxygen atoms in total. The maximum atomic E-state index is 3.81. The number of fused-ring (bicyclic) bond motifs is 1. The second-order valence-electron chi connectivity index (χ2n) is 6.83. The van der Waals surface area contributed by atoms with Crippen LogP contribution >= 0.6 is 0 Å². The summed E-state index contributed by atoms with van der Waals surface area (Å²) < 4.78 is 0. The van der Waals surface area contributed by atoms with Crippen LogP contribution in [0, 0.1) is 5.92 Å².